The molecule has 1 atom stereocenters. The molecule has 32 heavy (non-hydrogen) atoms. The van der Waals surface area contributed by atoms with E-state index >= 15 is 4.39 Å². The van der Waals surface area contributed by atoms with Gasteiger partial charge >= 0.3 is 0 Å². The number of fused-ring (bicyclic) bond motifs is 3. The van der Waals surface area contributed by atoms with Crippen LogP contribution < -0.4 is 4.57 Å². The Kier molecular flexibility index (Phi) is 3.29. The van der Waals surface area contributed by atoms with Crippen molar-refractivity contribution in [3.05, 3.63) is 89.4 Å². The van der Waals surface area contributed by atoms with Gasteiger partial charge in [0, 0.05) is 32.5 Å². The van der Waals surface area contributed by atoms with E-state index in [2.05, 4.69) is 0 Å². The van der Waals surface area contributed by atoms with Crippen LogP contribution in [0.5, 0.6) is 0 Å². The summed E-state index contributed by atoms with van der Waals surface area (Å²) in [6.07, 6.45) is 1.72. The van der Waals surface area contributed by atoms with Crippen LogP contribution in [-0.2, 0) is 7.05 Å². The first kappa shape index (κ1) is 13.8. The van der Waals surface area contributed by atoms with Gasteiger partial charge in [0.05, 0.1) is 11.1 Å². The quantitative estimate of drug-likeness (QED) is 0.268. The number of benzene rings is 3. The van der Waals surface area contributed by atoms with Crippen LogP contribution in [0.1, 0.15) is 46.0 Å². The number of hydrogen-bond acceptors (Lipinski definition) is 1. The van der Waals surface area contributed by atoms with Gasteiger partial charge in [-0.25, -0.2) is 8.96 Å². The highest BCUT2D eigenvalue weighted by Crippen LogP contribution is 2.41. The Hall–Kier alpha value is -3.46. The number of furan rings is 1. The highest BCUT2D eigenvalue weighted by Gasteiger charge is 2.23. The minimum absolute atomic E-state index is 0.0978. The minimum atomic E-state index is -2.54. The number of hydrogen-bond donors (Lipinski definition) is 0. The fraction of sp³-hybridized carbons (Fsp3) is 0.207. The molecule has 0 saturated carbocycles. The van der Waals surface area contributed by atoms with E-state index in [1.807, 2.05) is 30.7 Å². The van der Waals surface area contributed by atoms with Crippen LogP contribution in [0.2, 0.25) is 0 Å². The number of halogens is 1. The summed E-state index contributed by atoms with van der Waals surface area (Å²) < 4.78 is 79.1. The van der Waals surface area contributed by atoms with E-state index in [-0.39, 0.29) is 16.7 Å². The molecule has 5 aromatic rings. The third kappa shape index (κ3) is 3.20. The van der Waals surface area contributed by atoms with Crippen LogP contribution in [0, 0.1) is 19.6 Å². The lowest BCUT2D eigenvalue weighted by Gasteiger charge is -2.09. The van der Waals surface area contributed by atoms with Gasteiger partial charge in [-0.3, -0.25) is 0 Å². The summed E-state index contributed by atoms with van der Waals surface area (Å²) in [7, 11) is 1.82. The number of nitrogens with zero attached hydrogens (tertiary/aromatic N) is 1. The van der Waals surface area contributed by atoms with Gasteiger partial charge < -0.3 is 4.42 Å². The molecule has 0 radical (unpaired) electrons. The highest BCUT2D eigenvalue weighted by molar-refractivity contribution is 6.13. The first-order valence-corrected chi connectivity index (χ1v) is 10.4. The summed E-state index contributed by atoms with van der Waals surface area (Å²) in [5.74, 6) is -2.38. The number of rotatable bonds is 3. The van der Waals surface area contributed by atoms with Crippen LogP contribution in [-0.4, -0.2) is 0 Å². The molecule has 1 unspecified atom stereocenters. The molecule has 2 heterocycles. The SMILES string of the molecule is [2H]C([2H])([2H])c1cccc(-c2c(F)ccc3c2oc2c(-c4cc(C([2H])(C)C([2H])([2H])[2H])cc[n+]4C)c(C)ccc23)c1. The maximum absolute atomic E-state index is 15.3. The summed E-state index contributed by atoms with van der Waals surface area (Å²) >= 11 is 0. The Morgan fingerprint density at radius 3 is 2.56 bits per heavy atom. The van der Waals surface area contributed by atoms with E-state index in [1.165, 1.54) is 25.1 Å². The molecule has 0 fully saturated rings. The normalized spacial score (nSPS) is 17.6. The van der Waals surface area contributed by atoms with E-state index in [0.29, 0.717) is 33.4 Å². The Labute approximate surface area is 197 Å². The van der Waals surface area contributed by atoms with Crippen LogP contribution in [0.4, 0.5) is 4.39 Å². The predicted octanol–water partition coefficient (Wildman–Crippen LogP) is 7.62. The summed E-state index contributed by atoms with van der Waals surface area (Å²) in [6.45, 7) is -1.62. The topological polar surface area (TPSA) is 17.0 Å². The van der Waals surface area contributed by atoms with Crippen molar-refractivity contribution in [1.82, 2.24) is 0 Å². The molecular formula is C29H27FNO+. The molecule has 0 aliphatic rings. The van der Waals surface area contributed by atoms with Gasteiger partial charge in [-0.05, 0) is 48.5 Å². The Morgan fingerprint density at radius 2 is 1.78 bits per heavy atom. The van der Waals surface area contributed by atoms with Crippen molar-refractivity contribution in [2.75, 3.05) is 0 Å². The van der Waals surface area contributed by atoms with Gasteiger partial charge in [0.15, 0.2) is 6.20 Å². The molecule has 2 aromatic heterocycles. The predicted molar refractivity (Wildman–Crippen MR) is 129 cm³/mol. The van der Waals surface area contributed by atoms with Crippen molar-refractivity contribution in [2.24, 2.45) is 7.05 Å². The minimum Gasteiger partial charge on any atom is -0.454 e. The summed E-state index contributed by atoms with van der Waals surface area (Å²) in [6, 6.07) is 16.3. The maximum Gasteiger partial charge on any atom is 0.216 e. The smallest absolute Gasteiger partial charge is 0.216 e. The molecule has 2 nitrogen and oxygen atoms in total. The van der Waals surface area contributed by atoms with Gasteiger partial charge in [0.1, 0.15) is 24.0 Å². The molecule has 3 heteroatoms. The van der Waals surface area contributed by atoms with Gasteiger partial charge in [-0.1, -0.05) is 55.7 Å². The fourth-order valence-electron chi connectivity index (χ4n) is 4.29. The molecule has 0 saturated heterocycles. The van der Waals surface area contributed by atoms with Crippen LogP contribution in [0.25, 0.3) is 44.3 Å². The average molecular weight is 432 g/mol. The third-order valence-electron chi connectivity index (χ3n) is 5.96. The summed E-state index contributed by atoms with van der Waals surface area (Å²) in [4.78, 5) is 0. The largest absolute Gasteiger partial charge is 0.454 e. The molecule has 5 rings (SSSR count). The van der Waals surface area contributed by atoms with Crippen molar-refractivity contribution in [3.63, 3.8) is 0 Å². The fourth-order valence-corrected chi connectivity index (χ4v) is 4.29. The van der Waals surface area contributed by atoms with E-state index in [4.69, 9.17) is 14.0 Å². The van der Waals surface area contributed by atoms with Crippen molar-refractivity contribution in [1.29, 1.82) is 0 Å². The molecule has 0 aliphatic heterocycles. The second-order valence-electron chi connectivity index (χ2n) is 8.15. The third-order valence-corrected chi connectivity index (χ3v) is 5.96. The standard InChI is InChI=1S/C29H27FNO/c1-17(2)20-13-14-31(5)25(16-20)26-19(4)9-10-22-23-11-12-24(30)27(29(23)32-28(22)26)21-8-6-7-18(3)15-21/h6-17H,1-5H3/q+1/i1D3,3D3,17D. The summed E-state index contributed by atoms with van der Waals surface area (Å²) in [5, 5.41) is 1.39. The van der Waals surface area contributed by atoms with Gasteiger partial charge in [0.2, 0.25) is 5.69 Å². The second-order valence-corrected chi connectivity index (χ2v) is 8.15. The molecular weight excluding hydrogens is 397 g/mol. The highest BCUT2D eigenvalue weighted by atomic mass is 19.1. The van der Waals surface area contributed by atoms with Crippen molar-refractivity contribution in [3.8, 4) is 22.4 Å². The van der Waals surface area contributed by atoms with E-state index in [0.717, 1.165) is 10.9 Å². The van der Waals surface area contributed by atoms with E-state index < -0.39 is 25.4 Å². The van der Waals surface area contributed by atoms with E-state index in [9.17, 15) is 0 Å². The number of aromatic nitrogens is 1. The molecule has 160 valence electrons. The van der Waals surface area contributed by atoms with Gasteiger partial charge in [-0.15, -0.1) is 0 Å². The monoisotopic (exact) mass is 431 g/mol. The lowest BCUT2D eigenvalue weighted by Crippen LogP contribution is -2.31. The van der Waals surface area contributed by atoms with Crippen molar-refractivity contribution >= 4 is 21.9 Å². The summed E-state index contributed by atoms with van der Waals surface area (Å²) in [5.41, 5.74) is 3.93. The van der Waals surface area contributed by atoms with Crippen LogP contribution in [0.3, 0.4) is 0 Å². The number of aryl methyl sites for hydroxylation is 3. The molecule has 0 spiro atoms. The van der Waals surface area contributed by atoms with Gasteiger partial charge in [-0.2, -0.15) is 0 Å². The Morgan fingerprint density at radius 1 is 1.00 bits per heavy atom. The van der Waals surface area contributed by atoms with E-state index in [1.54, 1.807) is 36.5 Å². The van der Waals surface area contributed by atoms with Crippen LogP contribution >= 0.6 is 0 Å². The average Bonchev–Trinajstić information content (AvgIpc) is 3.21. The zero-order chi connectivity index (χ0) is 28.5. The Balaban J connectivity index is 1.81. The van der Waals surface area contributed by atoms with Crippen molar-refractivity contribution in [2.45, 2.75) is 33.4 Å². The van der Waals surface area contributed by atoms with Gasteiger partial charge in [0.25, 0.3) is 0 Å². The zero-order valence-electron chi connectivity index (χ0n) is 25.1. The first-order chi connectivity index (χ1) is 18.1. The first-order valence-electron chi connectivity index (χ1n) is 13.9. The maximum atomic E-state index is 15.3. The van der Waals surface area contributed by atoms with Crippen LogP contribution in [0.15, 0.2) is 71.3 Å². The van der Waals surface area contributed by atoms with Crippen molar-refractivity contribution < 1.29 is 23.0 Å². The molecule has 0 N–H and O–H groups in total. The molecule has 3 aromatic carbocycles. The lowest BCUT2D eigenvalue weighted by atomic mass is 9.96. The molecule has 0 amide bonds. The lowest BCUT2D eigenvalue weighted by molar-refractivity contribution is -0.660. The second kappa shape index (κ2) is 7.59. The molecule has 0 aliphatic carbocycles. The molecule has 0 bridgehead atoms. The Bertz CT molecular complexity index is 1750. The zero-order valence-corrected chi connectivity index (χ0v) is 18.1. The number of pyridine rings is 1.